The van der Waals surface area contributed by atoms with Gasteiger partial charge in [-0.3, -0.25) is 0 Å². The normalized spacial score (nSPS) is 22.3. The minimum Gasteiger partial charge on any atom is -0.370 e. The average molecular weight is 295 g/mol. The van der Waals surface area contributed by atoms with Gasteiger partial charge in [0.15, 0.2) is 0 Å². The van der Waals surface area contributed by atoms with Crippen LogP contribution in [0.3, 0.4) is 0 Å². The van der Waals surface area contributed by atoms with Crippen molar-refractivity contribution in [2.45, 2.75) is 49.4 Å². The lowest BCUT2D eigenvalue weighted by molar-refractivity contribution is 0.659. The summed E-state index contributed by atoms with van der Waals surface area (Å²) in [5, 5.41) is 4.02. The van der Waals surface area contributed by atoms with Crippen molar-refractivity contribution in [3.8, 4) is 0 Å². The van der Waals surface area contributed by atoms with Crippen LogP contribution in [0.15, 0.2) is 0 Å². The van der Waals surface area contributed by atoms with Crippen LogP contribution < -0.4 is 5.32 Å². The van der Waals surface area contributed by atoms with Crippen molar-refractivity contribution >= 4 is 29.3 Å². The van der Waals surface area contributed by atoms with Crippen LogP contribution in [-0.2, 0) is 11.5 Å². The van der Waals surface area contributed by atoms with E-state index in [1.807, 2.05) is 23.5 Å². The molecule has 1 aromatic rings. The highest BCUT2D eigenvalue weighted by Gasteiger charge is 2.24. The number of aromatic nitrogens is 2. The molecule has 0 spiro atoms. The lowest BCUT2D eigenvalue weighted by Gasteiger charge is -2.21. The predicted molar refractivity (Wildman–Crippen MR) is 84.9 cm³/mol. The first-order valence-electron chi connectivity index (χ1n) is 7.21. The van der Waals surface area contributed by atoms with Crippen molar-refractivity contribution in [1.82, 2.24) is 9.97 Å². The Balaban J connectivity index is 1.87. The second-order valence-corrected chi connectivity index (χ2v) is 7.43. The second kappa shape index (κ2) is 6.35. The summed E-state index contributed by atoms with van der Waals surface area (Å²) < 4.78 is 0. The fourth-order valence-electron chi connectivity index (χ4n) is 2.55. The molecule has 5 heteroatoms. The van der Waals surface area contributed by atoms with Gasteiger partial charge in [-0.05, 0) is 25.0 Å². The van der Waals surface area contributed by atoms with Crippen molar-refractivity contribution in [1.29, 1.82) is 0 Å². The van der Waals surface area contributed by atoms with E-state index in [-0.39, 0.29) is 0 Å². The molecular weight excluding hydrogens is 274 g/mol. The molecule has 0 bridgehead atoms. The molecule has 0 saturated carbocycles. The number of hydrogen-bond donors (Lipinski definition) is 1. The van der Waals surface area contributed by atoms with Crippen LogP contribution in [-0.4, -0.2) is 22.3 Å². The van der Waals surface area contributed by atoms with Gasteiger partial charge in [0.1, 0.15) is 11.6 Å². The Kier molecular flexibility index (Phi) is 4.53. The Morgan fingerprint density at radius 3 is 3.00 bits per heavy atom. The van der Waals surface area contributed by atoms with Crippen molar-refractivity contribution in [2.24, 2.45) is 0 Å². The SMILES string of the molecule is CCCNc1nc(C2CCCCS2)nc2c1CSC2. The van der Waals surface area contributed by atoms with Crippen LogP contribution in [0.1, 0.15) is 54.9 Å². The van der Waals surface area contributed by atoms with Gasteiger partial charge in [-0.1, -0.05) is 13.3 Å². The van der Waals surface area contributed by atoms with Crippen molar-refractivity contribution in [3.63, 3.8) is 0 Å². The minimum absolute atomic E-state index is 0.520. The Morgan fingerprint density at radius 2 is 2.21 bits per heavy atom. The molecule has 0 radical (unpaired) electrons. The third kappa shape index (κ3) is 3.02. The summed E-state index contributed by atoms with van der Waals surface area (Å²) in [4.78, 5) is 9.70. The second-order valence-electron chi connectivity index (χ2n) is 5.13. The fourth-order valence-corrected chi connectivity index (χ4v) is 4.83. The largest absolute Gasteiger partial charge is 0.370 e. The molecule has 2 aliphatic heterocycles. The lowest BCUT2D eigenvalue weighted by atomic mass is 10.1. The fraction of sp³-hybridized carbons (Fsp3) is 0.714. The number of hydrogen-bond acceptors (Lipinski definition) is 5. The molecule has 2 aliphatic rings. The van der Waals surface area contributed by atoms with E-state index in [1.54, 1.807) is 0 Å². The predicted octanol–water partition coefficient (Wildman–Crippen LogP) is 4.00. The third-order valence-corrected chi connectivity index (χ3v) is 5.95. The highest BCUT2D eigenvalue weighted by Crippen LogP contribution is 2.39. The number of rotatable bonds is 4. The maximum absolute atomic E-state index is 4.85. The molecule has 19 heavy (non-hydrogen) atoms. The maximum Gasteiger partial charge on any atom is 0.144 e. The highest BCUT2D eigenvalue weighted by atomic mass is 32.2. The van der Waals surface area contributed by atoms with E-state index < -0.39 is 0 Å². The Hall–Kier alpha value is -0.420. The lowest BCUT2D eigenvalue weighted by Crippen LogP contribution is -2.13. The zero-order valence-electron chi connectivity index (χ0n) is 11.4. The molecule has 1 N–H and O–H groups in total. The summed E-state index contributed by atoms with van der Waals surface area (Å²) in [6.07, 6.45) is 5.05. The molecule has 1 atom stereocenters. The molecule has 1 unspecified atom stereocenters. The van der Waals surface area contributed by atoms with Crippen molar-refractivity contribution in [3.05, 3.63) is 17.1 Å². The number of thioether (sulfide) groups is 2. The molecule has 0 aliphatic carbocycles. The van der Waals surface area contributed by atoms with Crippen LogP contribution in [0, 0.1) is 0 Å². The Bertz CT molecular complexity index is 445. The molecule has 3 heterocycles. The summed E-state index contributed by atoms with van der Waals surface area (Å²) in [5.41, 5.74) is 2.63. The Labute approximate surface area is 123 Å². The van der Waals surface area contributed by atoms with Crippen molar-refractivity contribution in [2.75, 3.05) is 17.6 Å². The summed E-state index contributed by atoms with van der Waals surface area (Å²) in [6, 6.07) is 0. The van der Waals surface area contributed by atoms with Gasteiger partial charge in [0.05, 0.1) is 10.9 Å². The van der Waals surface area contributed by atoms with Gasteiger partial charge in [0, 0.05) is 23.6 Å². The minimum atomic E-state index is 0.520. The standard InChI is InChI=1S/C14H21N3S2/c1-2-6-15-13-10-8-18-9-11(10)16-14(17-13)12-5-3-4-7-19-12/h12H,2-9H2,1H3,(H,15,16,17). The summed E-state index contributed by atoms with van der Waals surface area (Å²) in [6.45, 7) is 3.20. The van der Waals surface area contributed by atoms with E-state index in [2.05, 4.69) is 12.2 Å². The molecule has 1 fully saturated rings. The molecule has 1 aromatic heterocycles. The summed E-state index contributed by atoms with van der Waals surface area (Å²) in [7, 11) is 0. The topological polar surface area (TPSA) is 37.8 Å². The van der Waals surface area contributed by atoms with Crippen LogP contribution in [0.25, 0.3) is 0 Å². The highest BCUT2D eigenvalue weighted by molar-refractivity contribution is 7.99. The van der Waals surface area contributed by atoms with Gasteiger partial charge in [-0.2, -0.15) is 23.5 Å². The number of anilines is 1. The molecule has 0 aromatic carbocycles. The first-order valence-corrected chi connectivity index (χ1v) is 9.41. The maximum atomic E-state index is 4.85. The zero-order valence-corrected chi connectivity index (χ0v) is 13.1. The van der Waals surface area contributed by atoms with Gasteiger partial charge < -0.3 is 5.32 Å². The first-order chi connectivity index (χ1) is 9.38. The van der Waals surface area contributed by atoms with E-state index in [0.29, 0.717) is 5.25 Å². The Morgan fingerprint density at radius 1 is 1.26 bits per heavy atom. The molecule has 3 rings (SSSR count). The quantitative estimate of drug-likeness (QED) is 0.908. The van der Waals surface area contributed by atoms with E-state index >= 15 is 0 Å². The number of nitrogens with one attached hydrogen (secondary N) is 1. The average Bonchev–Trinajstić information content (AvgIpc) is 2.94. The first kappa shape index (κ1) is 13.6. The van der Waals surface area contributed by atoms with Crippen molar-refractivity contribution < 1.29 is 0 Å². The summed E-state index contributed by atoms with van der Waals surface area (Å²) in [5.74, 6) is 5.57. The van der Waals surface area contributed by atoms with Crippen LogP contribution in [0.2, 0.25) is 0 Å². The van der Waals surface area contributed by atoms with Gasteiger partial charge in [-0.15, -0.1) is 0 Å². The third-order valence-electron chi connectivity index (χ3n) is 3.61. The van der Waals surface area contributed by atoms with E-state index in [1.165, 1.54) is 36.3 Å². The molecule has 104 valence electrons. The number of fused-ring (bicyclic) bond motifs is 1. The number of nitrogens with zero attached hydrogens (tertiary/aromatic N) is 2. The van der Waals surface area contributed by atoms with Gasteiger partial charge >= 0.3 is 0 Å². The van der Waals surface area contributed by atoms with E-state index in [0.717, 1.165) is 36.1 Å². The van der Waals surface area contributed by atoms with E-state index in [4.69, 9.17) is 9.97 Å². The van der Waals surface area contributed by atoms with Crippen LogP contribution >= 0.6 is 23.5 Å². The monoisotopic (exact) mass is 295 g/mol. The van der Waals surface area contributed by atoms with Gasteiger partial charge in [0.2, 0.25) is 0 Å². The van der Waals surface area contributed by atoms with Gasteiger partial charge in [-0.25, -0.2) is 9.97 Å². The molecule has 1 saturated heterocycles. The smallest absolute Gasteiger partial charge is 0.144 e. The molecule has 0 amide bonds. The molecule has 3 nitrogen and oxygen atoms in total. The van der Waals surface area contributed by atoms with E-state index in [9.17, 15) is 0 Å². The summed E-state index contributed by atoms with van der Waals surface area (Å²) >= 11 is 3.99. The van der Waals surface area contributed by atoms with Crippen LogP contribution in [0.4, 0.5) is 5.82 Å². The molecular formula is C14H21N3S2. The van der Waals surface area contributed by atoms with Crippen LogP contribution in [0.5, 0.6) is 0 Å². The zero-order chi connectivity index (χ0) is 13.1. The van der Waals surface area contributed by atoms with Gasteiger partial charge in [0.25, 0.3) is 0 Å².